The number of carboxylic acids is 1. The molecule has 0 spiro atoms. The van der Waals surface area contributed by atoms with Gasteiger partial charge in [0.1, 0.15) is 5.56 Å². The van der Waals surface area contributed by atoms with E-state index in [9.17, 15) is 9.70 Å². The van der Waals surface area contributed by atoms with Crippen molar-refractivity contribution < 1.29 is 9.90 Å². The normalized spacial score (nSPS) is 10.2. The van der Waals surface area contributed by atoms with Crippen molar-refractivity contribution in [2.24, 2.45) is 5.18 Å². The van der Waals surface area contributed by atoms with Crippen molar-refractivity contribution in [1.82, 2.24) is 0 Å². The summed E-state index contributed by atoms with van der Waals surface area (Å²) >= 11 is 1.04. The second-order valence-corrected chi connectivity index (χ2v) is 4.45. The maximum absolute atomic E-state index is 11.1. The van der Waals surface area contributed by atoms with E-state index in [4.69, 9.17) is 5.11 Å². The fourth-order valence-corrected chi connectivity index (χ4v) is 2.41. The molecule has 2 rings (SSSR count). The average Bonchev–Trinajstić information content (AvgIpc) is 2.73. The number of rotatable bonds is 3. The minimum atomic E-state index is -1.13. The van der Waals surface area contributed by atoms with Gasteiger partial charge in [-0.15, -0.1) is 16.2 Å². The zero-order valence-corrected chi connectivity index (χ0v) is 9.82. The number of nitroso groups, excluding NO2 is 1. The number of nitrogens with zero attached hydrogens (tertiary/aromatic N) is 1. The molecule has 1 aromatic heterocycles. The highest BCUT2D eigenvalue weighted by atomic mass is 32.1. The van der Waals surface area contributed by atoms with E-state index in [0.29, 0.717) is 5.56 Å². The highest BCUT2D eigenvalue weighted by molar-refractivity contribution is 7.14. The van der Waals surface area contributed by atoms with Crippen LogP contribution in [0.1, 0.15) is 15.9 Å². The van der Waals surface area contributed by atoms with Crippen molar-refractivity contribution >= 4 is 22.3 Å². The highest BCUT2D eigenvalue weighted by Crippen LogP contribution is 2.37. The number of hydrogen-bond donors (Lipinski definition) is 1. The first-order valence-corrected chi connectivity index (χ1v) is 5.76. The molecule has 0 fully saturated rings. The lowest BCUT2D eigenvalue weighted by Crippen LogP contribution is -1.96. The van der Waals surface area contributed by atoms with Crippen LogP contribution in [0.4, 0.5) is 5.00 Å². The Kier molecular flexibility index (Phi) is 3.01. The number of carboxylic acid groups (broad SMARTS) is 1. The van der Waals surface area contributed by atoms with Gasteiger partial charge in [-0.2, -0.15) is 0 Å². The molecule has 0 aliphatic heterocycles. The summed E-state index contributed by atoms with van der Waals surface area (Å²) in [4.78, 5) is 21.6. The molecule has 0 amide bonds. The van der Waals surface area contributed by atoms with E-state index in [1.807, 2.05) is 31.2 Å². The van der Waals surface area contributed by atoms with Gasteiger partial charge in [-0.25, -0.2) is 4.79 Å². The summed E-state index contributed by atoms with van der Waals surface area (Å²) in [5.41, 5.74) is 2.39. The molecule has 0 aliphatic carbocycles. The summed E-state index contributed by atoms with van der Waals surface area (Å²) in [5, 5.41) is 13.5. The van der Waals surface area contributed by atoms with Crippen LogP contribution in [0.2, 0.25) is 0 Å². The smallest absolute Gasteiger partial charge is 0.339 e. The molecule has 0 saturated carbocycles. The van der Waals surface area contributed by atoms with Crippen LogP contribution in [-0.4, -0.2) is 11.1 Å². The maximum Gasteiger partial charge on any atom is 0.339 e. The summed E-state index contributed by atoms with van der Waals surface area (Å²) < 4.78 is 0. The fourth-order valence-electron chi connectivity index (χ4n) is 1.57. The van der Waals surface area contributed by atoms with Crippen LogP contribution in [0, 0.1) is 11.8 Å². The first kappa shape index (κ1) is 11.5. The van der Waals surface area contributed by atoms with Gasteiger partial charge in [0.15, 0.2) is 5.00 Å². The quantitative estimate of drug-likeness (QED) is 0.838. The maximum atomic E-state index is 11.1. The van der Waals surface area contributed by atoms with E-state index < -0.39 is 5.97 Å². The van der Waals surface area contributed by atoms with Gasteiger partial charge in [0.25, 0.3) is 0 Å². The van der Waals surface area contributed by atoms with Crippen LogP contribution >= 0.6 is 11.3 Å². The van der Waals surface area contributed by atoms with Crippen molar-refractivity contribution in [3.05, 3.63) is 45.7 Å². The van der Waals surface area contributed by atoms with E-state index >= 15 is 0 Å². The van der Waals surface area contributed by atoms with Gasteiger partial charge in [-0.1, -0.05) is 29.8 Å². The topological polar surface area (TPSA) is 66.7 Å². The molecule has 0 unspecified atom stereocenters. The van der Waals surface area contributed by atoms with Gasteiger partial charge in [-0.3, -0.25) is 0 Å². The minimum Gasteiger partial charge on any atom is -0.478 e. The average molecular weight is 247 g/mol. The molecule has 2 aromatic rings. The molecule has 0 aliphatic rings. The lowest BCUT2D eigenvalue weighted by Gasteiger charge is -2.01. The molecule has 17 heavy (non-hydrogen) atoms. The van der Waals surface area contributed by atoms with Crippen LogP contribution in [0.3, 0.4) is 0 Å². The Bertz CT molecular complexity index is 572. The van der Waals surface area contributed by atoms with Crippen molar-refractivity contribution in [1.29, 1.82) is 0 Å². The molecule has 4 nitrogen and oxygen atoms in total. The first-order valence-electron chi connectivity index (χ1n) is 4.88. The van der Waals surface area contributed by atoms with Gasteiger partial charge in [0.05, 0.1) is 0 Å². The Labute approximate surface area is 102 Å². The highest BCUT2D eigenvalue weighted by Gasteiger charge is 2.19. The predicted octanol–water partition coefficient (Wildman–Crippen LogP) is 3.82. The van der Waals surface area contributed by atoms with Crippen LogP contribution in [0.15, 0.2) is 34.8 Å². The van der Waals surface area contributed by atoms with E-state index in [2.05, 4.69) is 5.18 Å². The van der Waals surface area contributed by atoms with E-state index in [0.717, 1.165) is 22.5 Å². The molecular formula is C12H9NO3S. The zero-order valence-electron chi connectivity index (χ0n) is 9.01. The SMILES string of the molecule is Cc1ccc(-c2csc(N=O)c2C(=O)O)cc1. The van der Waals surface area contributed by atoms with Gasteiger partial charge >= 0.3 is 5.97 Å². The second-order valence-electron chi connectivity index (χ2n) is 3.59. The van der Waals surface area contributed by atoms with Crippen LogP contribution < -0.4 is 0 Å². The molecule has 1 aromatic carbocycles. The number of carbonyl (C=O) groups is 1. The lowest BCUT2D eigenvalue weighted by molar-refractivity contribution is 0.0699. The third-order valence-electron chi connectivity index (χ3n) is 2.43. The van der Waals surface area contributed by atoms with Crippen molar-refractivity contribution in [2.45, 2.75) is 6.92 Å². The van der Waals surface area contributed by atoms with Gasteiger partial charge < -0.3 is 5.11 Å². The Morgan fingerprint density at radius 2 is 1.94 bits per heavy atom. The first-order chi connectivity index (χ1) is 8.13. The number of hydrogen-bond acceptors (Lipinski definition) is 4. The number of benzene rings is 1. The predicted molar refractivity (Wildman–Crippen MR) is 66.9 cm³/mol. The molecule has 5 heteroatoms. The molecule has 1 heterocycles. The fraction of sp³-hybridized carbons (Fsp3) is 0.0833. The Hall–Kier alpha value is -2.01. The monoisotopic (exact) mass is 247 g/mol. The Morgan fingerprint density at radius 1 is 1.29 bits per heavy atom. The largest absolute Gasteiger partial charge is 0.478 e. The third kappa shape index (κ3) is 2.09. The van der Waals surface area contributed by atoms with Crippen LogP contribution in [0.25, 0.3) is 11.1 Å². The molecule has 1 N–H and O–H groups in total. The Morgan fingerprint density at radius 3 is 2.47 bits per heavy atom. The summed E-state index contributed by atoms with van der Waals surface area (Å²) in [6, 6.07) is 7.45. The molecule has 0 bridgehead atoms. The molecule has 86 valence electrons. The molecular weight excluding hydrogens is 238 g/mol. The summed E-state index contributed by atoms with van der Waals surface area (Å²) in [6.07, 6.45) is 0. The third-order valence-corrected chi connectivity index (χ3v) is 3.29. The van der Waals surface area contributed by atoms with Gasteiger partial charge in [-0.05, 0) is 17.7 Å². The summed E-state index contributed by atoms with van der Waals surface area (Å²) in [7, 11) is 0. The van der Waals surface area contributed by atoms with E-state index in [-0.39, 0.29) is 10.6 Å². The number of thiophene rings is 1. The number of aromatic carboxylic acids is 1. The van der Waals surface area contributed by atoms with Crippen molar-refractivity contribution in [2.75, 3.05) is 0 Å². The van der Waals surface area contributed by atoms with Crippen molar-refractivity contribution in [3.63, 3.8) is 0 Å². The zero-order chi connectivity index (χ0) is 12.4. The summed E-state index contributed by atoms with van der Waals surface area (Å²) in [5.74, 6) is -1.13. The van der Waals surface area contributed by atoms with Crippen LogP contribution in [0.5, 0.6) is 0 Å². The summed E-state index contributed by atoms with van der Waals surface area (Å²) in [6.45, 7) is 1.95. The molecule has 0 saturated heterocycles. The van der Waals surface area contributed by atoms with Gasteiger partial charge in [0, 0.05) is 10.9 Å². The standard InChI is InChI=1S/C12H9NO3S/c1-7-2-4-8(5-3-7)9-6-17-11(13-16)10(9)12(14)15/h2-6H,1H3,(H,14,15). The minimum absolute atomic E-state index is 0.00748. The Balaban J connectivity index is 2.59. The van der Waals surface area contributed by atoms with Crippen molar-refractivity contribution in [3.8, 4) is 11.1 Å². The molecule has 0 radical (unpaired) electrons. The van der Waals surface area contributed by atoms with Crippen LogP contribution in [-0.2, 0) is 0 Å². The van der Waals surface area contributed by atoms with E-state index in [1.165, 1.54) is 0 Å². The lowest BCUT2D eigenvalue weighted by atomic mass is 10.0. The second kappa shape index (κ2) is 4.47. The van der Waals surface area contributed by atoms with E-state index in [1.54, 1.807) is 5.38 Å². The number of aryl methyl sites for hydroxylation is 1. The molecule has 0 atom stereocenters. The van der Waals surface area contributed by atoms with Gasteiger partial charge in [0.2, 0.25) is 0 Å².